The van der Waals surface area contributed by atoms with E-state index in [0.717, 1.165) is 0 Å². The molecule has 1 atom stereocenters. The number of fused-ring (bicyclic) bond motifs is 1. The van der Waals surface area contributed by atoms with Crippen LogP contribution < -0.4 is 15.4 Å². The summed E-state index contributed by atoms with van der Waals surface area (Å²) in [5.74, 6) is -1.63. The molecule has 0 saturated carbocycles. The van der Waals surface area contributed by atoms with Crippen LogP contribution in [-0.4, -0.2) is 26.1 Å². The van der Waals surface area contributed by atoms with Gasteiger partial charge in [-0.25, -0.2) is 13.1 Å². The first kappa shape index (κ1) is 24.7. The maximum atomic E-state index is 13.0. The van der Waals surface area contributed by atoms with Crippen molar-refractivity contribution >= 4 is 50.9 Å². The number of hydrogen-bond donors (Lipinski definition) is 3. The van der Waals surface area contributed by atoms with Crippen LogP contribution in [0.5, 0.6) is 0 Å². The van der Waals surface area contributed by atoms with E-state index in [1.165, 1.54) is 6.07 Å². The minimum atomic E-state index is -3.48. The Morgan fingerprint density at radius 3 is 2.47 bits per heavy atom. The summed E-state index contributed by atoms with van der Waals surface area (Å²) in [6, 6.07) is 8.18. The van der Waals surface area contributed by atoms with E-state index >= 15 is 0 Å². The Morgan fingerprint density at radius 2 is 1.82 bits per heavy atom. The Morgan fingerprint density at radius 1 is 1.15 bits per heavy atom. The fraction of sp³-hybridized carbons (Fsp3) is 0.348. The zero-order valence-corrected chi connectivity index (χ0v) is 20.8. The molecule has 2 aliphatic rings. The van der Waals surface area contributed by atoms with Crippen LogP contribution in [0.15, 0.2) is 35.2 Å². The van der Waals surface area contributed by atoms with E-state index in [9.17, 15) is 22.8 Å². The number of rotatable bonds is 5. The largest absolute Gasteiger partial charge is 0.351 e. The van der Waals surface area contributed by atoms with E-state index in [2.05, 4.69) is 15.4 Å². The first-order valence-corrected chi connectivity index (χ1v) is 12.9. The molecule has 34 heavy (non-hydrogen) atoms. The summed E-state index contributed by atoms with van der Waals surface area (Å²) in [6.45, 7) is 3.86. The van der Waals surface area contributed by atoms with E-state index in [1.807, 2.05) is 0 Å². The van der Waals surface area contributed by atoms with Gasteiger partial charge in [-0.05, 0) is 55.2 Å². The van der Waals surface area contributed by atoms with Gasteiger partial charge in [0.2, 0.25) is 27.7 Å². The van der Waals surface area contributed by atoms with Crippen molar-refractivity contribution in [2.75, 3.05) is 0 Å². The Labute approximate surface area is 207 Å². The van der Waals surface area contributed by atoms with Crippen LogP contribution in [0.4, 0.5) is 0 Å². The van der Waals surface area contributed by atoms with Gasteiger partial charge in [0.05, 0.1) is 16.2 Å². The molecule has 2 aromatic carbocycles. The molecule has 8 nitrogen and oxygen atoms in total. The molecule has 0 spiro atoms. The highest BCUT2D eigenvalue weighted by Crippen LogP contribution is 2.37. The van der Waals surface area contributed by atoms with Crippen molar-refractivity contribution in [3.05, 3.63) is 62.6 Å². The average Bonchev–Trinajstić information content (AvgIpc) is 3.07. The zero-order chi connectivity index (χ0) is 24.8. The van der Waals surface area contributed by atoms with Crippen LogP contribution in [-0.2, 0) is 42.9 Å². The fourth-order valence-corrected chi connectivity index (χ4v) is 6.21. The Balaban J connectivity index is 1.48. The molecule has 11 heteroatoms. The summed E-state index contributed by atoms with van der Waals surface area (Å²) in [6.07, 6.45) is 0.534. The second kappa shape index (κ2) is 8.96. The number of benzene rings is 2. The van der Waals surface area contributed by atoms with Gasteiger partial charge in [0.15, 0.2) is 0 Å². The van der Waals surface area contributed by atoms with Crippen LogP contribution >= 0.6 is 23.2 Å². The molecule has 180 valence electrons. The van der Waals surface area contributed by atoms with Crippen molar-refractivity contribution in [2.24, 2.45) is 0 Å². The lowest BCUT2D eigenvalue weighted by Gasteiger charge is -2.25. The van der Waals surface area contributed by atoms with Gasteiger partial charge in [-0.15, -0.1) is 0 Å². The number of sulfonamides is 1. The number of hydrogen-bond acceptors (Lipinski definition) is 5. The molecule has 0 aromatic heterocycles. The third-order valence-electron chi connectivity index (χ3n) is 6.27. The standard InChI is InChI=1S/C23H23Cl2N3O5S/c1-23(2,14-3-5-18-13(9-14)11-27-34(18,32)33)22(31)26-10-12-7-16(24)20(17(25)8-12)15-4-6-19(29)28-21(15)30/h3,5,7-9,15,27H,4,6,10-11H2,1-2H3,(H,26,31)(H,28,29,30). The van der Waals surface area contributed by atoms with E-state index in [0.29, 0.717) is 28.7 Å². The highest BCUT2D eigenvalue weighted by atomic mass is 35.5. The molecular weight excluding hydrogens is 501 g/mol. The molecule has 3 amide bonds. The molecule has 3 N–H and O–H groups in total. The maximum absolute atomic E-state index is 13.0. The molecule has 0 radical (unpaired) electrons. The van der Waals surface area contributed by atoms with Gasteiger partial charge in [-0.2, -0.15) is 0 Å². The van der Waals surface area contributed by atoms with Gasteiger partial charge in [0.1, 0.15) is 0 Å². The van der Waals surface area contributed by atoms with Gasteiger partial charge in [0, 0.05) is 35.1 Å². The molecule has 2 aromatic rings. The first-order chi connectivity index (χ1) is 15.9. The summed E-state index contributed by atoms with van der Waals surface area (Å²) in [7, 11) is -3.48. The highest BCUT2D eigenvalue weighted by molar-refractivity contribution is 7.89. The van der Waals surface area contributed by atoms with Gasteiger partial charge in [0.25, 0.3) is 0 Å². The van der Waals surface area contributed by atoms with Crippen molar-refractivity contribution < 1.29 is 22.8 Å². The van der Waals surface area contributed by atoms with Crippen molar-refractivity contribution in [2.45, 2.75) is 56.0 Å². The van der Waals surface area contributed by atoms with Gasteiger partial charge in [-0.3, -0.25) is 19.7 Å². The number of halogens is 2. The quantitative estimate of drug-likeness (QED) is 0.520. The van der Waals surface area contributed by atoms with E-state index < -0.39 is 27.3 Å². The second-order valence-electron chi connectivity index (χ2n) is 8.93. The minimum absolute atomic E-state index is 0.151. The number of amides is 3. The maximum Gasteiger partial charge on any atom is 0.241 e. The lowest BCUT2D eigenvalue weighted by Crippen LogP contribution is -2.40. The summed E-state index contributed by atoms with van der Waals surface area (Å²) < 4.78 is 26.4. The summed E-state index contributed by atoms with van der Waals surface area (Å²) in [4.78, 5) is 36.9. The predicted octanol–water partition coefficient (Wildman–Crippen LogP) is 2.90. The number of imide groups is 1. The molecule has 2 aliphatic heterocycles. The Bertz CT molecular complexity index is 1300. The van der Waals surface area contributed by atoms with Crippen LogP contribution in [0.25, 0.3) is 0 Å². The molecule has 2 heterocycles. The molecule has 0 bridgehead atoms. The molecule has 4 rings (SSSR count). The van der Waals surface area contributed by atoms with Crippen LogP contribution in [0.1, 0.15) is 54.9 Å². The zero-order valence-electron chi connectivity index (χ0n) is 18.5. The van der Waals surface area contributed by atoms with Gasteiger partial charge in [-0.1, -0.05) is 35.3 Å². The first-order valence-electron chi connectivity index (χ1n) is 10.6. The average molecular weight is 524 g/mol. The Hall–Kier alpha value is -2.46. The molecular formula is C23H23Cl2N3O5S. The minimum Gasteiger partial charge on any atom is -0.351 e. The molecule has 1 unspecified atom stereocenters. The number of carbonyl (C=O) groups is 3. The van der Waals surface area contributed by atoms with Gasteiger partial charge < -0.3 is 5.32 Å². The Kier molecular flexibility index (Phi) is 6.50. The van der Waals surface area contributed by atoms with E-state index in [1.54, 1.807) is 38.1 Å². The van der Waals surface area contributed by atoms with Crippen molar-refractivity contribution in [1.82, 2.24) is 15.4 Å². The number of carbonyl (C=O) groups excluding carboxylic acids is 3. The van der Waals surface area contributed by atoms with Crippen molar-refractivity contribution in [1.29, 1.82) is 0 Å². The number of piperidine rings is 1. The topological polar surface area (TPSA) is 121 Å². The molecule has 0 aliphatic carbocycles. The highest BCUT2D eigenvalue weighted by Gasteiger charge is 2.34. The smallest absolute Gasteiger partial charge is 0.241 e. The lowest BCUT2D eigenvalue weighted by atomic mass is 9.83. The lowest BCUT2D eigenvalue weighted by molar-refractivity contribution is -0.134. The van der Waals surface area contributed by atoms with Crippen molar-refractivity contribution in [3.63, 3.8) is 0 Å². The molecule has 1 fully saturated rings. The predicted molar refractivity (Wildman–Crippen MR) is 127 cm³/mol. The third kappa shape index (κ3) is 4.57. The van der Waals surface area contributed by atoms with E-state index in [4.69, 9.17) is 23.2 Å². The van der Waals surface area contributed by atoms with Crippen LogP contribution in [0.2, 0.25) is 10.0 Å². The van der Waals surface area contributed by atoms with Crippen LogP contribution in [0, 0.1) is 0 Å². The number of nitrogens with one attached hydrogen (secondary N) is 3. The van der Waals surface area contributed by atoms with Crippen molar-refractivity contribution in [3.8, 4) is 0 Å². The summed E-state index contributed by atoms with van der Waals surface area (Å²) in [5, 5.41) is 5.75. The van der Waals surface area contributed by atoms with E-state index in [-0.39, 0.29) is 46.3 Å². The summed E-state index contributed by atoms with van der Waals surface area (Å²) in [5.41, 5.74) is 1.50. The summed E-state index contributed by atoms with van der Waals surface area (Å²) >= 11 is 12.9. The monoisotopic (exact) mass is 523 g/mol. The SMILES string of the molecule is CC(C)(C(=O)NCc1cc(Cl)c(C2CCC(=O)NC2=O)c(Cl)c1)c1ccc2c(c1)CNS2(=O)=O. The normalized spacial score (nSPS) is 19.5. The van der Waals surface area contributed by atoms with Crippen LogP contribution in [0.3, 0.4) is 0 Å². The molecule has 1 saturated heterocycles. The van der Waals surface area contributed by atoms with Gasteiger partial charge >= 0.3 is 0 Å². The second-order valence-corrected chi connectivity index (χ2v) is 11.5. The third-order valence-corrected chi connectivity index (χ3v) is 8.40. The fourth-order valence-electron chi connectivity index (χ4n) is 4.19.